The summed E-state index contributed by atoms with van der Waals surface area (Å²) in [6.07, 6.45) is 0. The summed E-state index contributed by atoms with van der Waals surface area (Å²) < 4.78 is 14.1. The van der Waals surface area contributed by atoms with E-state index in [-0.39, 0.29) is 40.3 Å². The Morgan fingerprint density at radius 3 is 2.55 bits per heavy atom. The highest BCUT2D eigenvalue weighted by Crippen LogP contribution is 2.35. The van der Waals surface area contributed by atoms with Crippen LogP contribution >= 0.6 is 0 Å². The van der Waals surface area contributed by atoms with Crippen LogP contribution in [0.1, 0.15) is 35.3 Å². The lowest BCUT2D eigenvalue weighted by molar-refractivity contribution is 0.0896. The maximum absolute atomic E-state index is 14.1. The number of nitrogens with zero attached hydrogens (tertiary/aromatic N) is 3. The molecule has 0 fully saturated rings. The number of carbonyl (C=O) groups excluding carboxylic acids is 1. The lowest BCUT2D eigenvalue weighted by Crippen LogP contribution is -2.38. The molecule has 148 valence electrons. The van der Waals surface area contributed by atoms with Crippen LogP contribution in [0.2, 0.25) is 0 Å². The highest BCUT2D eigenvalue weighted by molar-refractivity contribution is 6.11. The van der Waals surface area contributed by atoms with E-state index in [1.807, 2.05) is 6.07 Å². The molecule has 0 aromatic heterocycles. The molecule has 0 saturated carbocycles. The Labute approximate surface area is 166 Å². The topological polar surface area (TPSA) is 156 Å². The molecule has 0 saturated heterocycles. The van der Waals surface area contributed by atoms with Crippen LogP contribution < -0.4 is 11.1 Å². The largest absolute Gasteiger partial charge is 0.507 e. The van der Waals surface area contributed by atoms with E-state index in [0.717, 1.165) is 12.1 Å². The summed E-state index contributed by atoms with van der Waals surface area (Å²) in [7, 11) is 0. The van der Waals surface area contributed by atoms with Gasteiger partial charge in [0.1, 0.15) is 17.6 Å². The predicted molar refractivity (Wildman–Crippen MR) is 103 cm³/mol. The van der Waals surface area contributed by atoms with Crippen LogP contribution in [0, 0.1) is 28.5 Å². The van der Waals surface area contributed by atoms with Crippen LogP contribution in [0.15, 0.2) is 35.3 Å². The molecule has 0 spiro atoms. The zero-order valence-electron chi connectivity index (χ0n) is 15.7. The van der Waals surface area contributed by atoms with Crippen LogP contribution in [-0.4, -0.2) is 34.2 Å². The zero-order valence-corrected chi connectivity index (χ0v) is 15.7. The maximum Gasteiger partial charge on any atom is 0.262 e. The molecule has 2 rings (SSSR count). The van der Waals surface area contributed by atoms with Crippen molar-refractivity contribution in [2.45, 2.75) is 19.4 Å². The Kier molecular flexibility index (Phi) is 6.17. The molecule has 0 bridgehead atoms. The molecule has 5 N–H and O–H groups in total. The van der Waals surface area contributed by atoms with Crippen molar-refractivity contribution in [1.29, 1.82) is 10.5 Å². The number of nitrogens with one attached hydrogen (secondary N) is 1. The summed E-state index contributed by atoms with van der Waals surface area (Å²) in [5.41, 5.74) is 3.55. The van der Waals surface area contributed by atoms with E-state index in [2.05, 4.69) is 10.3 Å². The maximum atomic E-state index is 14.1. The fraction of sp³-hybridized carbons (Fsp3) is 0.200. The first-order valence-corrected chi connectivity index (χ1v) is 8.37. The van der Waals surface area contributed by atoms with Gasteiger partial charge in [0.25, 0.3) is 5.91 Å². The number of phenols is 1. The number of hydrogen-bond donors (Lipinski definition) is 4. The summed E-state index contributed by atoms with van der Waals surface area (Å²) in [6, 6.07) is 9.70. The van der Waals surface area contributed by atoms with Gasteiger partial charge in [-0.15, -0.1) is 0 Å². The van der Waals surface area contributed by atoms with E-state index in [4.69, 9.17) is 5.73 Å². The van der Waals surface area contributed by atoms with Crippen molar-refractivity contribution in [2.75, 3.05) is 6.54 Å². The summed E-state index contributed by atoms with van der Waals surface area (Å²) in [6.45, 7) is 2.90. The number of hydrogen-bond acceptors (Lipinski definition) is 6. The van der Waals surface area contributed by atoms with E-state index in [9.17, 15) is 29.9 Å². The number of benzene rings is 2. The number of aliphatic imine (C=N–C) groups is 1. The van der Waals surface area contributed by atoms with Crippen molar-refractivity contribution in [3.05, 3.63) is 52.8 Å². The third-order valence-corrected chi connectivity index (χ3v) is 3.80. The number of nitriles is 2. The number of halogens is 1. The average molecular weight is 395 g/mol. The van der Waals surface area contributed by atoms with Gasteiger partial charge in [0.2, 0.25) is 0 Å². The lowest BCUT2D eigenvalue weighted by Gasteiger charge is -2.16. The molecular weight excluding hydrogens is 377 g/mol. The van der Waals surface area contributed by atoms with Crippen molar-refractivity contribution in [3.8, 4) is 29.0 Å². The number of nitrogens with two attached hydrogens (primary N) is 1. The van der Waals surface area contributed by atoms with Crippen LogP contribution in [-0.2, 0) is 0 Å². The molecule has 1 amide bonds. The van der Waals surface area contributed by atoms with Gasteiger partial charge in [0.15, 0.2) is 5.96 Å². The number of amides is 1. The van der Waals surface area contributed by atoms with Gasteiger partial charge in [-0.1, -0.05) is 12.1 Å². The van der Waals surface area contributed by atoms with Gasteiger partial charge in [0.05, 0.1) is 34.9 Å². The van der Waals surface area contributed by atoms with Crippen LogP contribution in [0.5, 0.6) is 5.75 Å². The molecule has 2 aromatic rings. The SMILES string of the molecule is CC(C)(O)CN=C(N)NC(=O)c1c(O)ccc(C#N)c1-c1cccc(F)c1C#N. The fourth-order valence-corrected chi connectivity index (χ4v) is 2.54. The van der Waals surface area contributed by atoms with Crippen molar-refractivity contribution in [3.63, 3.8) is 0 Å². The van der Waals surface area contributed by atoms with Gasteiger partial charge in [-0.3, -0.25) is 15.1 Å². The number of phenolic OH excluding ortho intramolecular Hbond substituents is 1. The van der Waals surface area contributed by atoms with Gasteiger partial charge < -0.3 is 15.9 Å². The van der Waals surface area contributed by atoms with E-state index in [1.54, 1.807) is 6.07 Å². The molecule has 0 aliphatic carbocycles. The van der Waals surface area contributed by atoms with Crippen LogP contribution in [0.3, 0.4) is 0 Å². The molecule has 29 heavy (non-hydrogen) atoms. The summed E-state index contributed by atoms with van der Waals surface area (Å²) in [5, 5.41) is 41.0. The monoisotopic (exact) mass is 395 g/mol. The van der Waals surface area contributed by atoms with E-state index in [0.29, 0.717) is 0 Å². The Balaban J connectivity index is 2.63. The molecule has 0 aliphatic rings. The smallest absolute Gasteiger partial charge is 0.262 e. The van der Waals surface area contributed by atoms with Crippen molar-refractivity contribution in [1.82, 2.24) is 5.32 Å². The second kappa shape index (κ2) is 8.38. The molecule has 0 unspecified atom stereocenters. The third kappa shape index (κ3) is 4.86. The molecule has 0 atom stereocenters. The Morgan fingerprint density at radius 1 is 1.28 bits per heavy atom. The predicted octanol–water partition coefficient (Wildman–Crippen LogP) is 1.76. The number of carbonyl (C=O) groups is 1. The quantitative estimate of drug-likeness (QED) is 0.456. The van der Waals surface area contributed by atoms with E-state index in [1.165, 1.54) is 32.0 Å². The second-order valence-corrected chi connectivity index (χ2v) is 6.74. The van der Waals surface area contributed by atoms with Crippen molar-refractivity contribution in [2.24, 2.45) is 10.7 Å². The molecule has 0 heterocycles. The van der Waals surface area contributed by atoms with Gasteiger partial charge >= 0.3 is 0 Å². The normalized spacial score (nSPS) is 11.4. The van der Waals surface area contributed by atoms with Crippen LogP contribution in [0.25, 0.3) is 11.1 Å². The standard InChI is InChI=1S/C20H18FN5O3/c1-20(2,29)10-25-19(24)26-18(28)17-15(27)7-6-11(8-22)16(17)12-4-3-5-14(21)13(12)9-23/h3-7,27,29H,10H2,1-2H3,(H3,24,25,26,28). The highest BCUT2D eigenvalue weighted by Gasteiger charge is 2.24. The minimum Gasteiger partial charge on any atom is -0.507 e. The van der Waals surface area contributed by atoms with Gasteiger partial charge in [-0.05, 0) is 32.0 Å². The lowest BCUT2D eigenvalue weighted by atomic mass is 9.90. The molecular formula is C20H18FN5O3. The second-order valence-electron chi connectivity index (χ2n) is 6.74. The van der Waals surface area contributed by atoms with Gasteiger partial charge in [-0.25, -0.2) is 4.39 Å². The highest BCUT2D eigenvalue weighted by atomic mass is 19.1. The number of aromatic hydroxyl groups is 1. The molecule has 0 radical (unpaired) electrons. The number of aliphatic hydroxyl groups is 1. The first-order valence-electron chi connectivity index (χ1n) is 8.37. The minimum absolute atomic E-state index is 0.0305. The average Bonchev–Trinajstić information content (AvgIpc) is 2.65. The Bertz CT molecular complexity index is 1080. The van der Waals surface area contributed by atoms with Crippen molar-refractivity contribution < 1.29 is 19.4 Å². The summed E-state index contributed by atoms with van der Waals surface area (Å²) in [5.74, 6) is -2.58. The first-order chi connectivity index (χ1) is 13.6. The minimum atomic E-state index is -1.16. The number of guanidine groups is 1. The third-order valence-electron chi connectivity index (χ3n) is 3.80. The van der Waals surface area contributed by atoms with Crippen molar-refractivity contribution >= 4 is 11.9 Å². The van der Waals surface area contributed by atoms with Crippen LogP contribution in [0.4, 0.5) is 4.39 Å². The Morgan fingerprint density at radius 2 is 1.97 bits per heavy atom. The molecule has 8 nitrogen and oxygen atoms in total. The Hall–Kier alpha value is -3.95. The van der Waals surface area contributed by atoms with E-state index >= 15 is 0 Å². The summed E-state index contributed by atoms with van der Waals surface area (Å²) >= 11 is 0. The van der Waals surface area contributed by atoms with E-state index < -0.39 is 23.1 Å². The fourth-order valence-electron chi connectivity index (χ4n) is 2.54. The van der Waals surface area contributed by atoms with Gasteiger partial charge in [0, 0.05) is 11.1 Å². The van der Waals surface area contributed by atoms with Gasteiger partial charge in [-0.2, -0.15) is 10.5 Å². The molecule has 9 heteroatoms. The summed E-state index contributed by atoms with van der Waals surface area (Å²) in [4.78, 5) is 16.6. The zero-order chi connectivity index (χ0) is 21.8. The first kappa shape index (κ1) is 21.4. The molecule has 0 aliphatic heterocycles. The number of rotatable bonds is 4. The molecule has 2 aromatic carbocycles.